The van der Waals surface area contributed by atoms with Crippen LogP contribution in [0.3, 0.4) is 0 Å². The summed E-state index contributed by atoms with van der Waals surface area (Å²) in [6.45, 7) is 2.53. The summed E-state index contributed by atoms with van der Waals surface area (Å²) in [6, 6.07) is 14.0. The Kier molecular flexibility index (Phi) is 5.93. The first kappa shape index (κ1) is 15.7. The van der Waals surface area contributed by atoms with Crippen LogP contribution in [-0.2, 0) is 16.6 Å². The first-order valence-corrected chi connectivity index (χ1v) is 8.41. The molecule has 1 atom stereocenters. The van der Waals surface area contributed by atoms with Gasteiger partial charge in [-0.15, -0.1) is 0 Å². The number of hydrogen-bond donors (Lipinski definition) is 0. The van der Waals surface area contributed by atoms with Gasteiger partial charge in [-0.1, -0.05) is 29.8 Å². The molecule has 0 aliphatic heterocycles. The van der Waals surface area contributed by atoms with Gasteiger partial charge in [0, 0.05) is 22.3 Å². The van der Waals surface area contributed by atoms with Gasteiger partial charge in [-0.2, -0.15) is 0 Å². The fourth-order valence-corrected chi connectivity index (χ4v) is 3.03. The van der Waals surface area contributed by atoms with Crippen molar-refractivity contribution >= 4 is 10.8 Å². The Balaban J connectivity index is 1.67. The van der Waals surface area contributed by atoms with Gasteiger partial charge >= 0.3 is 0 Å². The summed E-state index contributed by atoms with van der Waals surface area (Å²) >= 11 is 0. The average molecular weight is 306 g/mol. The van der Waals surface area contributed by atoms with Crippen LogP contribution in [0.1, 0.15) is 17.5 Å². The second-order valence-corrected chi connectivity index (χ2v) is 6.51. The van der Waals surface area contributed by atoms with E-state index in [4.69, 9.17) is 4.74 Å². The van der Waals surface area contributed by atoms with Crippen LogP contribution in [0.25, 0.3) is 0 Å². The quantitative estimate of drug-likeness (QED) is 0.726. The van der Waals surface area contributed by atoms with Crippen molar-refractivity contribution in [1.29, 1.82) is 0 Å². The zero-order valence-corrected chi connectivity index (χ0v) is 12.9. The van der Waals surface area contributed by atoms with Crippen molar-refractivity contribution in [2.75, 3.05) is 12.4 Å². The summed E-state index contributed by atoms with van der Waals surface area (Å²) in [7, 11) is -0.879. The molecule has 2 aromatic carbocycles. The maximum absolute atomic E-state index is 12.7. The lowest BCUT2D eigenvalue weighted by molar-refractivity contribution is 0.318. The van der Waals surface area contributed by atoms with Crippen LogP contribution in [0.4, 0.5) is 4.39 Å². The van der Waals surface area contributed by atoms with E-state index in [1.165, 1.54) is 17.7 Å². The van der Waals surface area contributed by atoms with Crippen molar-refractivity contribution in [2.24, 2.45) is 0 Å². The van der Waals surface area contributed by atoms with Gasteiger partial charge in [0.2, 0.25) is 0 Å². The fourth-order valence-electron chi connectivity index (χ4n) is 1.88. The zero-order chi connectivity index (χ0) is 15.1. The Morgan fingerprint density at radius 2 is 1.71 bits per heavy atom. The predicted molar refractivity (Wildman–Crippen MR) is 84.4 cm³/mol. The normalized spacial score (nSPS) is 12.1. The summed E-state index contributed by atoms with van der Waals surface area (Å²) in [5.41, 5.74) is 2.30. The van der Waals surface area contributed by atoms with E-state index in [0.29, 0.717) is 23.9 Å². The van der Waals surface area contributed by atoms with E-state index in [1.54, 1.807) is 12.1 Å². The molecule has 0 aromatic heterocycles. The molecule has 0 amide bonds. The number of hydrogen-bond acceptors (Lipinski definition) is 2. The summed E-state index contributed by atoms with van der Waals surface area (Å²) in [6.07, 6.45) is 0.718. The minimum Gasteiger partial charge on any atom is -0.494 e. The smallest absolute Gasteiger partial charge is 0.123 e. The van der Waals surface area contributed by atoms with Crippen molar-refractivity contribution in [1.82, 2.24) is 0 Å². The highest BCUT2D eigenvalue weighted by Gasteiger charge is 2.02. The van der Waals surface area contributed by atoms with Crippen molar-refractivity contribution in [3.63, 3.8) is 0 Å². The zero-order valence-electron chi connectivity index (χ0n) is 12.0. The molecule has 0 aliphatic carbocycles. The van der Waals surface area contributed by atoms with E-state index < -0.39 is 10.8 Å². The first-order chi connectivity index (χ1) is 10.1. The summed E-state index contributed by atoms with van der Waals surface area (Å²) in [5, 5.41) is 0. The lowest BCUT2D eigenvalue weighted by atomic mass is 10.2. The molecule has 2 aromatic rings. The van der Waals surface area contributed by atoms with Crippen LogP contribution >= 0.6 is 0 Å². The third-order valence-electron chi connectivity index (χ3n) is 3.05. The third-order valence-corrected chi connectivity index (χ3v) is 4.45. The Labute approximate surface area is 127 Å². The van der Waals surface area contributed by atoms with Crippen LogP contribution < -0.4 is 4.74 Å². The molecule has 1 unspecified atom stereocenters. The summed E-state index contributed by atoms with van der Waals surface area (Å²) < 4.78 is 30.2. The summed E-state index contributed by atoms with van der Waals surface area (Å²) in [5.74, 6) is 1.55. The van der Waals surface area contributed by atoms with Crippen molar-refractivity contribution in [2.45, 2.75) is 19.1 Å². The van der Waals surface area contributed by atoms with E-state index in [1.807, 2.05) is 31.2 Å². The van der Waals surface area contributed by atoms with Crippen molar-refractivity contribution in [3.8, 4) is 5.75 Å². The predicted octanol–water partition coefficient (Wildman–Crippen LogP) is 3.85. The average Bonchev–Trinajstić information content (AvgIpc) is 2.48. The molecule has 0 heterocycles. The van der Waals surface area contributed by atoms with Crippen LogP contribution in [0.5, 0.6) is 5.75 Å². The van der Waals surface area contributed by atoms with Gasteiger partial charge < -0.3 is 4.74 Å². The molecule has 0 N–H and O–H groups in total. The molecule has 21 heavy (non-hydrogen) atoms. The highest BCUT2D eigenvalue weighted by Crippen LogP contribution is 2.11. The van der Waals surface area contributed by atoms with Gasteiger partial charge in [0.1, 0.15) is 11.6 Å². The monoisotopic (exact) mass is 306 g/mol. The van der Waals surface area contributed by atoms with E-state index >= 15 is 0 Å². The Morgan fingerprint density at radius 3 is 2.38 bits per heavy atom. The molecule has 112 valence electrons. The third kappa shape index (κ3) is 5.68. The van der Waals surface area contributed by atoms with Crippen LogP contribution in [0.2, 0.25) is 0 Å². The minimum atomic E-state index is -0.879. The molecule has 0 aliphatic rings. The Morgan fingerprint density at radius 1 is 1.05 bits per heavy atom. The number of aryl methyl sites for hydroxylation is 1. The topological polar surface area (TPSA) is 26.3 Å². The number of benzene rings is 2. The van der Waals surface area contributed by atoms with E-state index in [9.17, 15) is 8.60 Å². The molecule has 0 bridgehead atoms. The SMILES string of the molecule is Cc1ccc(CS(=O)CCCOc2ccc(F)cc2)cc1. The van der Waals surface area contributed by atoms with E-state index in [2.05, 4.69) is 0 Å². The highest BCUT2D eigenvalue weighted by molar-refractivity contribution is 7.84. The largest absolute Gasteiger partial charge is 0.494 e. The van der Waals surface area contributed by atoms with E-state index in [0.717, 1.165) is 12.0 Å². The first-order valence-electron chi connectivity index (χ1n) is 6.92. The molecular weight excluding hydrogens is 287 g/mol. The molecule has 0 radical (unpaired) electrons. The number of ether oxygens (including phenoxy) is 1. The van der Waals surface area contributed by atoms with Gasteiger partial charge in [-0.3, -0.25) is 4.21 Å². The molecule has 2 nitrogen and oxygen atoms in total. The lowest BCUT2D eigenvalue weighted by Crippen LogP contribution is -2.06. The standard InChI is InChI=1S/C17H19FO2S/c1-14-3-5-15(6-4-14)13-21(19)12-2-11-20-17-9-7-16(18)8-10-17/h3-10H,2,11-13H2,1H3. The molecule has 0 fully saturated rings. The highest BCUT2D eigenvalue weighted by atomic mass is 32.2. The minimum absolute atomic E-state index is 0.276. The van der Waals surface area contributed by atoms with Crippen molar-refractivity contribution < 1.29 is 13.3 Å². The maximum Gasteiger partial charge on any atom is 0.123 e. The number of rotatable bonds is 7. The second kappa shape index (κ2) is 7.93. The molecule has 4 heteroatoms. The van der Waals surface area contributed by atoms with Crippen LogP contribution in [0.15, 0.2) is 48.5 Å². The Bertz CT molecular complexity index is 579. The van der Waals surface area contributed by atoms with Gasteiger partial charge in [-0.25, -0.2) is 4.39 Å². The van der Waals surface area contributed by atoms with Gasteiger partial charge in [-0.05, 0) is 43.2 Å². The fraction of sp³-hybridized carbons (Fsp3) is 0.294. The van der Waals surface area contributed by atoms with Crippen LogP contribution in [0, 0.1) is 12.7 Å². The molecule has 0 saturated heterocycles. The lowest BCUT2D eigenvalue weighted by Gasteiger charge is -2.06. The molecule has 0 saturated carbocycles. The second-order valence-electron chi connectivity index (χ2n) is 4.93. The Hall–Kier alpha value is -1.68. The molecule has 0 spiro atoms. The maximum atomic E-state index is 12.7. The van der Waals surface area contributed by atoms with Crippen LogP contribution in [-0.4, -0.2) is 16.6 Å². The molecule has 2 rings (SSSR count). The van der Waals surface area contributed by atoms with Gasteiger partial charge in [0.05, 0.1) is 6.61 Å². The van der Waals surface area contributed by atoms with Gasteiger partial charge in [0.25, 0.3) is 0 Å². The van der Waals surface area contributed by atoms with Gasteiger partial charge in [0.15, 0.2) is 0 Å². The number of halogens is 1. The van der Waals surface area contributed by atoms with E-state index in [-0.39, 0.29) is 5.82 Å². The summed E-state index contributed by atoms with van der Waals surface area (Å²) in [4.78, 5) is 0. The van der Waals surface area contributed by atoms with Crippen molar-refractivity contribution in [3.05, 3.63) is 65.5 Å². The molecular formula is C17H19FO2S.